The summed E-state index contributed by atoms with van der Waals surface area (Å²) in [5, 5.41) is 3.42. The van der Waals surface area contributed by atoms with Gasteiger partial charge in [-0.3, -0.25) is 4.90 Å². The van der Waals surface area contributed by atoms with Gasteiger partial charge in [-0.15, -0.1) is 0 Å². The van der Waals surface area contributed by atoms with E-state index in [-0.39, 0.29) is 0 Å². The van der Waals surface area contributed by atoms with E-state index in [1.165, 1.54) is 6.42 Å². The van der Waals surface area contributed by atoms with Crippen LogP contribution in [0.1, 0.15) is 38.7 Å². The van der Waals surface area contributed by atoms with Crippen molar-refractivity contribution in [1.29, 1.82) is 0 Å². The third-order valence-electron chi connectivity index (χ3n) is 3.35. The number of rotatable bonds is 11. The number of furan rings is 1. The van der Waals surface area contributed by atoms with Crippen LogP contribution in [0.2, 0.25) is 0 Å². The van der Waals surface area contributed by atoms with Crippen LogP contribution < -0.4 is 5.32 Å². The molecule has 4 nitrogen and oxygen atoms in total. The summed E-state index contributed by atoms with van der Waals surface area (Å²) >= 11 is 0. The minimum absolute atomic E-state index is 0.672. The van der Waals surface area contributed by atoms with Crippen molar-refractivity contribution >= 4 is 0 Å². The van der Waals surface area contributed by atoms with Gasteiger partial charge < -0.3 is 14.6 Å². The van der Waals surface area contributed by atoms with Gasteiger partial charge in [-0.05, 0) is 51.7 Å². The smallest absolute Gasteiger partial charge is 0.118 e. The Bertz CT molecular complexity index is 374. The highest BCUT2D eigenvalue weighted by Crippen LogP contribution is 2.11. The molecule has 0 unspecified atom stereocenters. The maximum atomic E-state index is 5.93. The molecule has 1 aromatic heterocycles. The van der Waals surface area contributed by atoms with E-state index in [1.807, 2.05) is 0 Å². The van der Waals surface area contributed by atoms with Gasteiger partial charge in [0.05, 0.1) is 13.1 Å². The molecule has 0 aromatic carbocycles. The van der Waals surface area contributed by atoms with Crippen molar-refractivity contribution in [1.82, 2.24) is 15.1 Å². The number of hydrogen-bond donors (Lipinski definition) is 1. The number of nitrogens with one attached hydrogen (secondary N) is 1. The lowest BCUT2D eigenvalue weighted by Crippen LogP contribution is -2.31. The Balaban J connectivity index is 2.42. The van der Waals surface area contributed by atoms with Gasteiger partial charge >= 0.3 is 0 Å². The van der Waals surface area contributed by atoms with Crippen LogP contribution in [-0.2, 0) is 13.1 Å². The Morgan fingerprint density at radius 3 is 2.43 bits per heavy atom. The molecule has 21 heavy (non-hydrogen) atoms. The lowest BCUT2D eigenvalue weighted by molar-refractivity contribution is 0.216. The van der Waals surface area contributed by atoms with E-state index >= 15 is 0 Å². The molecule has 122 valence electrons. The van der Waals surface area contributed by atoms with Crippen molar-refractivity contribution in [2.45, 2.75) is 40.3 Å². The van der Waals surface area contributed by atoms with Gasteiger partial charge in [0.15, 0.2) is 0 Å². The fraction of sp³-hybridized carbons (Fsp3) is 0.765. The number of nitrogens with zero attached hydrogens (tertiary/aromatic N) is 2. The molecule has 0 saturated carbocycles. The summed E-state index contributed by atoms with van der Waals surface area (Å²) in [7, 11) is 4.24. The van der Waals surface area contributed by atoms with Gasteiger partial charge in [-0.25, -0.2) is 0 Å². The van der Waals surface area contributed by atoms with E-state index in [9.17, 15) is 0 Å². The van der Waals surface area contributed by atoms with E-state index in [1.54, 1.807) is 0 Å². The molecule has 0 spiro atoms. The van der Waals surface area contributed by atoms with Crippen LogP contribution in [0.25, 0.3) is 0 Å². The third kappa shape index (κ3) is 8.24. The predicted molar refractivity (Wildman–Crippen MR) is 89.4 cm³/mol. The van der Waals surface area contributed by atoms with E-state index in [4.69, 9.17) is 4.42 Å². The number of hydrogen-bond acceptors (Lipinski definition) is 4. The zero-order valence-electron chi connectivity index (χ0n) is 14.5. The Kier molecular flexibility index (Phi) is 8.66. The first-order valence-electron chi connectivity index (χ1n) is 8.16. The normalized spacial score (nSPS) is 12.0. The molecule has 0 aliphatic heterocycles. The van der Waals surface area contributed by atoms with Gasteiger partial charge in [-0.1, -0.05) is 20.8 Å². The van der Waals surface area contributed by atoms with Crippen molar-refractivity contribution in [2.24, 2.45) is 5.92 Å². The van der Waals surface area contributed by atoms with Crippen LogP contribution in [0.15, 0.2) is 16.5 Å². The maximum absolute atomic E-state index is 5.93. The highest BCUT2D eigenvalue weighted by molar-refractivity contribution is 5.07. The van der Waals surface area contributed by atoms with Crippen molar-refractivity contribution in [3.8, 4) is 0 Å². The monoisotopic (exact) mass is 295 g/mol. The van der Waals surface area contributed by atoms with Gasteiger partial charge in [-0.2, -0.15) is 0 Å². The lowest BCUT2D eigenvalue weighted by atomic mass is 10.2. The fourth-order valence-electron chi connectivity index (χ4n) is 2.23. The van der Waals surface area contributed by atoms with Crippen LogP contribution in [0.4, 0.5) is 0 Å². The maximum Gasteiger partial charge on any atom is 0.118 e. The predicted octanol–water partition coefficient (Wildman–Crippen LogP) is 2.80. The van der Waals surface area contributed by atoms with Crippen LogP contribution >= 0.6 is 0 Å². The summed E-state index contributed by atoms with van der Waals surface area (Å²) in [5.74, 6) is 2.78. The van der Waals surface area contributed by atoms with Crippen LogP contribution in [0, 0.1) is 5.92 Å². The first-order chi connectivity index (χ1) is 10.0. The van der Waals surface area contributed by atoms with Crippen LogP contribution in [0.5, 0.6) is 0 Å². The average molecular weight is 295 g/mol. The molecule has 1 aromatic rings. The zero-order valence-corrected chi connectivity index (χ0v) is 14.5. The Morgan fingerprint density at radius 1 is 1.10 bits per heavy atom. The summed E-state index contributed by atoms with van der Waals surface area (Å²) < 4.78 is 5.93. The summed E-state index contributed by atoms with van der Waals surface area (Å²) in [6, 6.07) is 4.21. The molecule has 0 saturated heterocycles. The Hall–Kier alpha value is -0.840. The van der Waals surface area contributed by atoms with Crippen molar-refractivity contribution in [2.75, 3.05) is 40.3 Å². The molecule has 1 heterocycles. The zero-order chi connectivity index (χ0) is 15.7. The summed E-state index contributed by atoms with van der Waals surface area (Å²) in [6.45, 7) is 12.7. The summed E-state index contributed by atoms with van der Waals surface area (Å²) in [4.78, 5) is 4.69. The second-order valence-electron chi connectivity index (χ2n) is 6.47. The molecule has 1 N–H and O–H groups in total. The minimum Gasteiger partial charge on any atom is -0.463 e. The molecule has 0 radical (unpaired) electrons. The molecule has 4 heteroatoms. The molecule has 0 atom stereocenters. The van der Waals surface area contributed by atoms with Gasteiger partial charge in [0.25, 0.3) is 0 Å². The number of likely N-dealkylation sites (N-methyl/N-ethyl adjacent to an activating group) is 1. The molecular weight excluding hydrogens is 262 g/mol. The molecule has 0 aliphatic carbocycles. The molecule has 0 aliphatic rings. The summed E-state index contributed by atoms with van der Waals surface area (Å²) in [6.07, 6.45) is 1.18. The van der Waals surface area contributed by atoms with E-state index in [0.29, 0.717) is 5.92 Å². The lowest BCUT2D eigenvalue weighted by Gasteiger charge is -2.22. The molecule has 0 amide bonds. The van der Waals surface area contributed by atoms with Crippen LogP contribution in [-0.4, -0.2) is 50.1 Å². The quantitative estimate of drug-likeness (QED) is 0.680. The van der Waals surface area contributed by atoms with Gasteiger partial charge in [0.1, 0.15) is 11.5 Å². The molecule has 0 bridgehead atoms. The highest BCUT2D eigenvalue weighted by atomic mass is 16.3. The molecule has 1 rings (SSSR count). The average Bonchev–Trinajstić information content (AvgIpc) is 2.83. The van der Waals surface area contributed by atoms with Crippen molar-refractivity contribution in [3.63, 3.8) is 0 Å². The highest BCUT2D eigenvalue weighted by Gasteiger charge is 2.09. The van der Waals surface area contributed by atoms with Crippen molar-refractivity contribution in [3.05, 3.63) is 23.7 Å². The second kappa shape index (κ2) is 9.98. The van der Waals surface area contributed by atoms with E-state index in [2.05, 4.69) is 62.1 Å². The SMILES string of the molecule is CCCN(CCN(C)C)Cc1ccc(CNCC(C)C)o1. The standard InChI is InChI=1S/C17H33N3O/c1-6-9-20(11-10-19(4)5)14-17-8-7-16(21-17)13-18-12-15(2)3/h7-8,15,18H,6,9-14H2,1-5H3. The van der Waals surface area contributed by atoms with Gasteiger partial charge in [0.2, 0.25) is 0 Å². The topological polar surface area (TPSA) is 31.6 Å². The third-order valence-corrected chi connectivity index (χ3v) is 3.35. The van der Waals surface area contributed by atoms with Crippen LogP contribution in [0.3, 0.4) is 0 Å². The van der Waals surface area contributed by atoms with E-state index < -0.39 is 0 Å². The fourth-order valence-corrected chi connectivity index (χ4v) is 2.23. The van der Waals surface area contributed by atoms with E-state index in [0.717, 1.165) is 50.8 Å². The first kappa shape index (κ1) is 18.2. The molecule has 0 fully saturated rings. The van der Waals surface area contributed by atoms with Crippen molar-refractivity contribution < 1.29 is 4.42 Å². The minimum atomic E-state index is 0.672. The van der Waals surface area contributed by atoms with Gasteiger partial charge in [0, 0.05) is 13.1 Å². The second-order valence-corrected chi connectivity index (χ2v) is 6.47. The Morgan fingerprint density at radius 2 is 1.81 bits per heavy atom. The first-order valence-corrected chi connectivity index (χ1v) is 8.16. The largest absolute Gasteiger partial charge is 0.463 e. The molecular formula is C17H33N3O. The summed E-state index contributed by atoms with van der Waals surface area (Å²) in [5.41, 5.74) is 0. The Labute approximate surface area is 130 Å².